The van der Waals surface area contributed by atoms with Gasteiger partial charge in [-0.15, -0.1) is 0 Å². The Morgan fingerprint density at radius 3 is 2.92 bits per heavy atom. The molecule has 128 valence electrons. The minimum Gasteiger partial charge on any atom is -0.496 e. The molecule has 0 spiro atoms. The third-order valence-electron chi connectivity index (χ3n) is 3.92. The van der Waals surface area contributed by atoms with Crippen molar-refractivity contribution < 1.29 is 17.9 Å². The van der Waals surface area contributed by atoms with E-state index < -0.39 is 10.0 Å². The number of rotatable bonds is 5. The Morgan fingerprint density at radius 1 is 1.33 bits per heavy atom. The number of ether oxygens (including phenoxy) is 1. The summed E-state index contributed by atoms with van der Waals surface area (Å²) >= 11 is 0. The molecule has 8 heteroatoms. The Balaban J connectivity index is 1.81. The number of fused-ring (bicyclic) bond motifs is 1. The molecule has 1 aliphatic heterocycles. The van der Waals surface area contributed by atoms with Crippen LogP contribution < -0.4 is 14.8 Å². The maximum atomic E-state index is 12.5. The highest BCUT2D eigenvalue weighted by Gasteiger charge is 2.23. The van der Waals surface area contributed by atoms with Crippen molar-refractivity contribution in [3.63, 3.8) is 0 Å². The molecule has 0 fully saturated rings. The number of carbonyl (C=O) groups is 1. The fourth-order valence-corrected chi connectivity index (χ4v) is 3.70. The summed E-state index contributed by atoms with van der Waals surface area (Å²) in [6.45, 7) is 1.31. The molecule has 1 amide bonds. The molecule has 7 nitrogen and oxygen atoms in total. The van der Waals surface area contributed by atoms with Gasteiger partial charge in [0.2, 0.25) is 10.0 Å². The van der Waals surface area contributed by atoms with Crippen molar-refractivity contribution in [1.82, 2.24) is 14.6 Å². The summed E-state index contributed by atoms with van der Waals surface area (Å²) in [6, 6.07) is 8.61. The Morgan fingerprint density at radius 2 is 2.12 bits per heavy atom. The van der Waals surface area contributed by atoms with E-state index in [1.165, 1.54) is 19.4 Å². The van der Waals surface area contributed by atoms with Gasteiger partial charge in [-0.2, -0.15) is 0 Å². The normalized spacial score (nSPS) is 14.6. The first-order chi connectivity index (χ1) is 11.5. The van der Waals surface area contributed by atoms with Crippen LogP contribution in [0.25, 0.3) is 0 Å². The highest BCUT2D eigenvalue weighted by atomic mass is 32.2. The first-order valence-corrected chi connectivity index (χ1v) is 9.09. The molecule has 0 aliphatic carbocycles. The van der Waals surface area contributed by atoms with Gasteiger partial charge in [0.1, 0.15) is 16.3 Å². The van der Waals surface area contributed by atoms with Crippen molar-refractivity contribution in [2.75, 3.05) is 13.7 Å². The number of nitrogens with zero attached hydrogens (tertiary/aromatic N) is 1. The molecule has 1 aliphatic rings. The van der Waals surface area contributed by atoms with Crippen LogP contribution in [0.5, 0.6) is 5.75 Å². The van der Waals surface area contributed by atoms with Crippen LogP contribution in [0.2, 0.25) is 0 Å². The number of carbonyl (C=O) groups excluding carboxylic acids is 1. The van der Waals surface area contributed by atoms with E-state index in [4.69, 9.17) is 4.74 Å². The van der Waals surface area contributed by atoms with Gasteiger partial charge in [0, 0.05) is 31.4 Å². The van der Waals surface area contributed by atoms with E-state index >= 15 is 0 Å². The van der Waals surface area contributed by atoms with Crippen molar-refractivity contribution >= 4 is 15.9 Å². The standard InChI is InChI=1S/C16H19N3O4S/c1-23-15-6-3-2-5-12(15)10-18-24(21,22)13-9-14-16(20)17-7-4-8-19(14)11-13/h2-3,5-6,9,11,18H,4,7-8,10H2,1H3,(H,17,20). The second kappa shape index (κ2) is 6.66. The number of hydrogen-bond acceptors (Lipinski definition) is 4. The first kappa shape index (κ1) is 16.5. The fraction of sp³-hybridized carbons (Fsp3) is 0.312. The van der Waals surface area contributed by atoms with Crippen LogP contribution >= 0.6 is 0 Å². The number of benzene rings is 1. The van der Waals surface area contributed by atoms with Gasteiger partial charge in [-0.05, 0) is 18.6 Å². The van der Waals surface area contributed by atoms with Crippen LogP contribution in [0.1, 0.15) is 22.5 Å². The molecule has 24 heavy (non-hydrogen) atoms. The molecular weight excluding hydrogens is 330 g/mol. The van der Waals surface area contributed by atoms with Crippen LogP contribution in [0, 0.1) is 0 Å². The van der Waals surface area contributed by atoms with E-state index in [1.54, 1.807) is 16.7 Å². The Labute approximate surface area is 140 Å². The van der Waals surface area contributed by atoms with Gasteiger partial charge >= 0.3 is 0 Å². The average molecular weight is 349 g/mol. The predicted molar refractivity (Wildman–Crippen MR) is 88.4 cm³/mol. The molecule has 0 atom stereocenters. The van der Waals surface area contributed by atoms with E-state index in [0.717, 1.165) is 12.0 Å². The average Bonchev–Trinajstić information content (AvgIpc) is 2.95. The van der Waals surface area contributed by atoms with Crippen LogP contribution in [0.3, 0.4) is 0 Å². The molecule has 2 aromatic rings. The number of para-hydroxylation sites is 1. The molecule has 1 aromatic carbocycles. The van der Waals surface area contributed by atoms with Crippen LogP contribution in [0.15, 0.2) is 41.4 Å². The zero-order chi connectivity index (χ0) is 17.2. The van der Waals surface area contributed by atoms with Crippen LogP contribution in [-0.2, 0) is 23.1 Å². The Hall–Kier alpha value is -2.32. The number of nitrogens with one attached hydrogen (secondary N) is 2. The van der Waals surface area contributed by atoms with Gasteiger partial charge < -0.3 is 14.6 Å². The number of aryl methyl sites for hydroxylation is 1. The van der Waals surface area contributed by atoms with Gasteiger partial charge in [-0.3, -0.25) is 4.79 Å². The van der Waals surface area contributed by atoms with E-state index in [1.807, 2.05) is 12.1 Å². The summed E-state index contributed by atoms with van der Waals surface area (Å²) in [4.78, 5) is 12.0. The zero-order valence-electron chi connectivity index (χ0n) is 13.3. The lowest BCUT2D eigenvalue weighted by Gasteiger charge is -2.09. The summed E-state index contributed by atoms with van der Waals surface area (Å²) in [5.41, 5.74) is 1.10. The van der Waals surface area contributed by atoms with Crippen molar-refractivity contribution in [2.45, 2.75) is 24.4 Å². The molecule has 2 heterocycles. The minimum atomic E-state index is -3.72. The summed E-state index contributed by atoms with van der Waals surface area (Å²) < 4.78 is 34.5. The van der Waals surface area contributed by atoms with Crippen molar-refractivity contribution in [2.24, 2.45) is 0 Å². The lowest BCUT2D eigenvalue weighted by molar-refractivity contribution is 0.0951. The van der Waals surface area contributed by atoms with Crippen molar-refractivity contribution in [3.8, 4) is 5.75 Å². The van der Waals surface area contributed by atoms with Gasteiger partial charge in [0.05, 0.1) is 7.11 Å². The maximum absolute atomic E-state index is 12.5. The van der Waals surface area contributed by atoms with Gasteiger partial charge in [-0.25, -0.2) is 13.1 Å². The van der Waals surface area contributed by atoms with E-state index in [9.17, 15) is 13.2 Å². The predicted octanol–water partition coefficient (Wildman–Crippen LogP) is 1.11. The second-order valence-corrected chi connectivity index (χ2v) is 7.27. The maximum Gasteiger partial charge on any atom is 0.267 e. The number of aromatic nitrogens is 1. The lowest BCUT2D eigenvalue weighted by Crippen LogP contribution is -2.24. The minimum absolute atomic E-state index is 0.0875. The quantitative estimate of drug-likeness (QED) is 0.846. The van der Waals surface area contributed by atoms with Crippen LogP contribution in [0.4, 0.5) is 0 Å². The number of methoxy groups -OCH3 is 1. The van der Waals surface area contributed by atoms with E-state index in [2.05, 4.69) is 10.0 Å². The van der Waals surface area contributed by atoms with E-state index in [0.29, 0.717) is 24.5 Å². The molecule has 0 radical (unpaired) electrons. The third kappa shape index (κ3) is 3.29. The lowest BCUT2D eigenvalue weighted by atomic mass is 10.2. The molecule has 3 rings (SSSR count). The van der Waals surface area contributed by atoms with Crippen molar-refractivity contribution in [3.05, 3.63) is 47.8 Å². The second-order valence-electron chi connectivity index (χ2n) is 5.50. The smallest absolute Gasteiger partial charge is 0.267 e. The summed E-state index contributed by atoms with van der Waals surface area (Å²) in [5.74, 6) is 0.367. The number of amides is 1. The zero-order valence-corrected chi connectivity index (χ0v) is 14.1. The highest BCUT2D eigenvalue weighted by Crippen LogP contribution is 2.20. The Bertz CT molecular complexity index is 858. The van der Waals surface area contributed by atoms with Gasteiger partial charge in [0.25, 0.3) is 5.91 Å². The molecule has 0 unspecified atom stereocenters. The highest BCUT2D eigenvalue weighted by molar-refractivity contribution is 7.89. The third-order valence-corrected chi connectivity index (χ3v) is 5.29. The summed E-state index contributed by atoms with van der Waals surface area (Å²) in [5, 5.41) is 2.75. The summed E-state index contributed by atoms with van der Waals surface area (Å²) in [6.07, 6.45) is 2.27. The van der Waals surface area contributed by atoms with Gasteiger partial charge in [0.15, 0.2) is 0 Å². The molecule has 2 N–H and O–H groups in total. The van der Waals surface area contributed by atoms with E-state index in [-0.39, 0.29) is 17.3 Å². The first-order valence-electron chi connectivity index (χ1n) is 7.61. The summed E-state index contributed by atoms with van der Waals surface area (Å²) in [7, 11) is -2.18. The Kier molecular flexibility index (Phi) is 4.59. The fourth-order valence-electron chi connectivity index (χ4n) is 2.65. The molecular formula is C16H19N3O4S. The molecule has 0 saturated heterocycles. The largest absolute Gasteiger partial charge is 0.496 e. The van der Waals surface area contributed by atoms with Crippen LogP contribution in [-0.4, -0.2) is 32.5 Å². The molecule has 1 aromatic heterocycles. The van der Waals surface area contributed by atoms with Gasteiger partial charge in [-0.1, -0.05) is 18.2 Å². The molecule has 0 bridgehead atoms. The van der Waals surface area contributed by atoms with Crippen molar-refractivity contribution in [1.29, 1.82) is 0 Å². The monoisotopic (exact) mass is 349 g/mol. The SMILES string of the molecule is COc1ccccc1CNS(=O)(=O)c1cc2n(c1)CCCNC2=O. The number of sulfonamides is 1. The topological polar surface area (TPSA) is 89.4 Å². The number of hydrogen-bond donors (Lipinski definition) is 2. The molecule has 0 saturated carbocycles.